The van der Waals surface area contributed by atoms with Crippen LogP contribution in [0.2, 0.25) is 0 Å². The number of aromatic hydroxyl groups is 1. The van der Waals surface area contributed by atoms with Crippen LogP contribution in [0.1, 0.15) is 44.6 Å². The van der Waals surface area contributed by atoms with Crippen molar-refractivity contribution in [2.24, 2.45) is 11.3 Å². The molecule has 4 N–H and O–H groups in total. The van der Waals surface area contributed by atoms with Gasteiger partial charge in [0, 0.05) is 75.2 Å². The van der Waals surface area contributed by atoms with Crippen LogP contribution in [0.25, 0.3) is 11.3 Å². The number of aromatic nitrogens is 2. The third-order valence-corrected chi connectivity index (χ3v) is 9.42. The minimum Gasteiger partial charge on any atom is -0.508 e. The van der Waals surface area contributed by atoms with Crippen LogP contribution >= 0.6 is 0 Å². The average molecular weight is 759 g/mol. The molecule has 0 bridgehead atoms. The van der Waals surface area contributed by atoms with Gasteiger partial charge >= 0.3 is 6.09 Å². The summed E-state index contributed by atoms with van der Waals surface area (Å²) in [6.07, 6.45) is -0.127. The van der Waals surface area contributed by atoms with Crippen molar-refractivity contribution < 1.29 is 51.7 Å². The molecule has 2 aliphatic heterocycles. The maximum atomic E-state index is 15.2. The van der Waals surface area contributed by atoms with Crippen molar-refractivity contribution in [3.05, 3.63) is 83.6 Å². The molecule has 17 heteroatoms. The Hall–Kier alpha value is -5.29. The molecule has 0 aliphatic carbocycles. The van der Waals surface area contributed by atoms with Crippen molar-refractivity contribution >= 4 is 23.8 Å². The normalized spacial score (nSPS) is 18.3. The Kier molecular flexibility index (Phi) is 12.4. The molecule has 0 radical (unpaired) electrons. The Balaban J connectivity index is 1.52. The smallest absolute Gasteiger partial charge is 0.407 e. The number of aliphatic hydroxyl groups excluding tert-OH is 1. The molecule has 3 heterocycles. The number of ether oxygens (including phenoxy) is 1. The fourth-order valence-corrected chi connectivity index (χ4v) is 6.64. The number of nitrogens with zero attached hydrogens (tertiary/aromatic N) is 4. The molecule has 0 saturated carbocycles. The summed E-state index contributed by atoms with van der Waals surface area (Å²) in [6, 6.07) is 4.99. The summed E-state index contributed by atoms with van der Waals surface area (Å²) in [7, 11) is 0. The monoisotopic (exact) mass is 758 g/mol. The van der Waals surface area contributed by atoms with Gasteiger partial charge in [0.25, 0.3) is 17.7 Å². The highest BCUT2D eigenvalue weighted by atomic mass is 19.1. The molecule has 1 aromatic heterocycles. The Morgan fingerprint density at radius 1 is 1.09 bits per heavy atom. The van der Waals surface area contributed by atoms with E-state index in [-0.39, 0.29) is 80.7 Å². The minimum atomic E-state index is -1.56. The van der Waals surface area contributed by atoms with Gasteiger partial charge in [-0.15, -0.1) is 0 Å². The zero-order valence-corrected chi connectivity index (χ0v) is 29.9. The van der Waals surface area contributed by atoms with Gasteiger partial charge in [0.15, 0.2) is 0 Å². The van der Waals surface area contributed by atoms with Crippen molar-refractivity contribution in [1.82, 2.24) is 30.0 Å². The number of phenolic OH excluding ortho intramolecular Hbond substituents is 1. The van der Waals surface area contributed by atoms with Gasteiger partial charge in [0.2, 0.25) is 0 Å². The molecule has 13 nitrogen and oxygen atoms in total. The fraction of sp³-hybridized carbons (Fsp3) is 0.432. The molecule has 3 aromatic rings. The second kappa shape index (κ2) is 16.8. The number of rotatable bonds is 15. The van der Waals surface area contributed by atoms with E-state index in [2.05, 4.69) is 10.6 Å². The van der Waals surface area contributed by atoms with E-state index in [1.54, 1.807) is 13.8 Å². The number of nitrogens with one attached hydrogen (secondary N) is 2. The molecule has 2 aliphatic rings. The Labute approximate surface area is 308 Å². The van der Waals surface area contributed by atoms with Gasteiger partial charge in [-0.05, 0) is 54.7 Å². The van der Waals surface area contributed by atoms with E-state index >= 15 is 8.78 Å². The number of benzene rings is 2. The van der Waals surface area contributed by atoms with Crippen LogP contribution in [0.5, 0.6) is 5.75 Å². The molecule has 1 saturated heterocycles. The second-order valence-corrected chi connectivity index (χ2v) is 14.0. The Bertz CT molecular complexity index is 1880. The van der Waals surface area contributed by atoms with Gasteiger partial charge in [-0.25, -0.2) is 27.3 Å². The molecule has 4 amide bonds. The highest BCUT2D eigenvalue weighted by Crippen LogP contribution is 2.43. The summed E-state index contributed by atoms with van der Waals surface area (Å²) in [5, 5.41) is 26.2. The Morgan fingerprint density at radius 2 is 1.81 bits per heavy atom. The van der Waals surface area contributed by atoms with Crippen LogP contribution in [0.3, 0.4) is 0 Å². The maximum Gasteiger partial charge on any atom is 0.407 e. The number of amides is 4. The number of hydrogen-bond acceptors (Lipinski definition) is 9. The number of imidazole rings is 1. The summed E-state index contributed by atoms with van der Waals surface area (Å²) in [4.78, 5) is 57.1. The van der Waals surface area contributed by atoms with E-state index in [0.29, 0.717) is 0 Å². The molecular formula is C37H42F4N6O7. The first kappa shape index (κ1) is 39.9. The summed E-state index contributed by atoms with van der Waals surface area (Å²) < 4.78 is 66.1. The topological polar surface area (TPSA) is 166 Å². The van der Waals surface area contributed by atoms with Crippen molar-refractivity contribution in [1.29, 1.82) is 0 Å². The number of halogens is 4. The Morgan fingerprint density at radius 3 is 2.46 bits per heavy atom. The molecular weight excluding hydrogens is 716 g/mol. The van der Waals surface area contributed by atoms with E-state index in [1.807, 2.05) is 0 Å². The average Bonchev–Trinajstić information content (AvgIpc) is 3.79. The summed E-state index contributed by atoms with van der Waals surface area (Å²) in [5.74, 6) is -5.15. The van der Waals surface area contributed by atoms with E-state index in [9.17, 15) is 38.2 Å². The lowest BCUT2D eigenvalue weighted by Gasteiger charge is -2.43. The van der Waals surface area contributed by atoms with Crippen molar-refractivity contribution in [3.63, 3.8) is 0 Å². The van der Waals surface area contributed by atoms with Crippen LogP contribution in [0, 0.1) is 28.8 Å². The molecule has 54 heavy (non-hydrogen) atoms. The van der Waals surface area contributed by atoms with E-state index in [1.165, 1.54) is 28.7 Å². The van der Waals surface area contributed by atoms with Crippen molar-refractivity contribution in [3.8, 4) is 17.0 Å². The molecule has 4 unspecified atom stereocenters. The lowest BCUT2D eigenvalue weighted by atomic mass is 9.79. The standard InChI is InChI=1S/C37H42F4N6O7/c1-21(48)35(52)47(19-23-16-42-17-29(23)41)33(37(2,3)8-11-54-36(53)43-9-10-46-31(50)6-7-32(46)51)34-44-30(27-15-24(38)4-5-28(27)40)20-45(34)18-22-12-25(39)14-26(49)13-22/h4-7,12-15,20-21,23,29,33,42,48-49H,8-11,16-19H2,1-3H3,(H,43,53). The fourth-order valence-electron chi connectivity index (χ4n) is 6.64. The number of carbonyl (C=O) groups excluding carboxylic acids is 4. The largest absolute Gasteiger partial charge is 0.508 e. The zero-order chi connectivity index (χ0) is 39.3. The van der Waals surface area contributed by atoms with Crippen molar-refractivity contribution in [2.45, 2.75) is 52.1 Å². The SMILES string of the molecule is CC(O)C(=O)N(CC1CNCC1F)C(c1nc(-c2cc(F)ccc2F)cn1Cc1cc(O)cc(F)c1)C(C)(C)CCOC(=O)NCCN1C(=O)C=CC1=O. The maximum absolute atomic E-state index is 15.2. The van der Waals surface area contributed by atoms with Crippen LogP contribution in [-0.4, -0.2) is 105 Å². The molecule has 4 atom stereocenters. The van der Waals surface area contributed by atoms with Gasteiger partial charge in [-0.1, -0.05) is 13.8 Å². The number of hydrogen-bond donors (Lipinski definition) is 4. The first-order valence-electron chi connectivity index (χ1n) is 17.3. The van der Waals surface area contributed by atoms with Gasteiger partial charge in [-0.2, -0.15) is 0 Å². The molecule has 2 aromatic carbocycles. The summed E-state index contributed by atoms with van der Waals surface area (Å²) >= 11 is 0. The molecule has 290 valence electrons. The van der Waals surface area contributed by atoms with E-state index < -0.39 is 70.9 Å². The number of carbonyl (C=O) groups is 4. The molecule has 1 fully saturated rings. The van der Waals surface area contributed by atoms with Gasteiger partial charge < -0.3 is 35.1 Å². The van der Waals surface area contributed by atoms with Crippen LogP contribution in [-0.2, 0) is 25.7 Å². The predicted octanol–water partition coefficient (Wildman–Crippen LogP) is 3.60. The quantitative estimate of drug-likeness (QED) is 0.134. The molecule has 5 rings (SSSR count). The van der Waals surface area contributed by atoms with E-state index in [0.717, 1.165) is 47.4 Å². The van der Waals surface area contributed by atoms with Crippen LogP contribution in [0.15, 0.2) is 54.7 Å². The van der Waals surface area contributed by atoms with Gasteiger partial charge in [0.1, 0.15) is 41.3 Å². The van der Waals surface area contributed by atoms with Crippen LogP contribution < -0.4 is 10.6 Å². The zero-order valence-electron chi connectivity index (χ0n) is 29.9. The number of alkyl halides is 1. The molecule has 0 spiro atoms. The number of aliphatic hydroxyl groups is 1. The number of phenols is 1. The third kappa shape index (κ3) is 9.43. The number of imide groups is 1. The van der Waals surface area contributed by atoms with E-state index in [4.69, 9.17) is 9.72 Å². The minimum absolute atomic E-state index is 0.0287. The first-order chi connectivity index (χ1) is 25.5. The lowest BCUT2D eigenvalue weighted by Crippen LogP contribution is -2.50. The predicted molar refractivity (Wildman–Crippen MR) is 186 cm³/mol. The second-order valence-electron chi connectivity index (χ2n) is 14.0. The van der Waals surface area contributed by atoms with Crippen LogP contribution in [0.4, 0.5) is 22.4 Å². The van der Waals surface area contributed by atoms with Crippen molar-refractivity contribution in [2.75, 3.05) is 39.3 Å². The number of alkyl carbamates (subject to hydrolysis) is 1. The first-order valence-corrected chi connectivity index (χ1v) is 17.3. The summed E-state index contributed by atoms with van der Waals surface area (Å²) in [5.41, 5.74) is -1.16. The van der Waals surface area contributed by atoms with Gasteiger partial charge in [-0.3, -0.25) is 19.3 Å². The third-order valence-electron chi connectivity index (χ3n) is 9.42. The summed E-state index contributed by atoms with van der Waals surface area (Å²) in [6.45, 7) is 4.13. The highest BCUT2D eigenvalue weighted by molar-refractivity contribution is 6.12. The van der Waals surface area contributed by atoms with Gasteiger partial charge in [0.05, 0.1) is 18.3 Å². The lowest BCUT2D eigenvalue weighted by molar-refractivity contribution is -0.146. The highest BCUT2D eigenvalue weighted by Gasteiger charge is 2.44.